The van der Waals surface area contributed by atoms with E-state index in [9.17, 15) is 38.7 Å². The Morgan fingerprint density at radius 2 is 1.23 bits per heavy atom. The number of aliphatic carboxylic acids is 1. The number of nitrogens with one attached hydrogen (secondary N) is 6. The van der Waals surface area contributed by atoms with Crippen molar-refractivity contribution in [3.63, 3.8) is 0 Å². The number of carboxylic acids is 1. The Hall–Kier alpha value is -5.39. The molecule has 0 aliphatic heterocycles. The zero-order valence-electron chi connectivity index (χ0n) is 32.5. The molecule has 2 aromatic carbocycles. The van der Waals surface area contributed by atoms with E-state index in [-0.39, 0.29) is 37.3 Å². The maximum absolute atomic E-state index is 13.7. The number of hydrogen-bond acceptors (Lipinski definition) is 10. The molecule has 0 aromatic heterocycles. The highest BCUT2D eigenvalue weighted by Gasteiger charge is 2.32. The number of primary amides is 1. The van der Waals surface area contributed by atoms with Gasteiger partial charge in [0.25, 0.3) is 0 Å². The highest BCUT2D eigenvalue weighted by molar-refractivity contribution is 5.95. The molecule has 0 unspecified atom stereocenters. The molecule has 308 valence electrons. The minimum absolute atomic E-state index is 0.0194. The standard InChI is InChI=1S/C39H58N8O9/c1-23(2)17-27(21-43-29(35(41)52)18-25-11-7-5-8-12-25)44-32(49)15-16-42-39(56)34(24(3)4)47-37(54)30(19-26-13-9-6-10-14-26)45-38(55)31(22-48)46-36(53)28(40)20-33(50)51/h5-14,23-24,27-31,34,43,48H,15-22,40H2,1-4H3,(H2,41,52)(H,42,56)(H,44,49)(H,45,55)(H,46,53)(H,47,54)(H,50,51)/t27-,28-,29-,30-,31-,34-/m0/s1. The SMILES string of the molecule is CC(C)C[C@@H](CN[C@@H](Cc1ccccc1)C(N)=O)NC(=O)CCNC(=O)[C@@H](NC(=O)[C@H](Cc1ccccc1)NC(=O)[C@H](CO)NC(=O)[C@@H](N)CC(=O)O)C(C)C. The van der Waals surface area contributed by atoms with Crippen LogP contribution in [0.5, 0.6) is 0 Å². The van der Waals surface area contributed by atoms with Crippen LogP contribution in [0, 0.1) is 11.8 Å². The van der Waals surface area contributed by atoms with Crippen LogP contribution in [-0.4, -0.2) is 108 Å². The summed E-state index contributed by atoms with van der Waals surface area (Å²) in [5, 5.41) is 35.0. The lowest BCUT2D eigenvalue weighted by molar-refractivity contribution is -0.140. The van der Waals surface area contributed by atoms with Crippen molar-refractivity contribution in [1.82, 2.24) is 31.9 Å². The van der Waals surface area contributed by atoms with Gasteiger partial charge in [-0.3, -0.25) is 33.6 Å². The number of aliphatic hydroxyl groups is 1. The van der Waals surface area contributed by atoms with E-state index >= 15 is 0 Å². The van der Waals surface area contributed by atoms with Crippen LogP contribution in [0.25, 0.3) is 0 Å². The second-order valence-electron chi connectivity index (χ2n) is 14.4. The van der Waals surface area contributed by atoms with Crippen LogP contribution in [0.2, 0.25) is 0 Å². The number of aliphatic hydroxyl groups excluding tert-OH is 1. The Balaban J connectivity index is 2.05. The predicted molar refractivity (Wildman–Crippen MR) is 208 cm³/mol. The molecule has 17 nitrogen and oxygen atoms in total. The zero-order chi connectivity index (χ0) is 41.8. The van der Waals surface area contributed by atoms with E-state index in [1.54, 1.807) is 44.2 Å². The molecule has 0 heterocycles. The van der Waals surface area contributed by atoms with Crippen molar-refractivity contribution in [3.8, 4) is 0 Å². The largest absolute Gasteiger partial charge is 0.481 e. The first-order valence-electron chi connectivity index (χ1n) is 18.7. The van der Waals surface area contributed by atoms with Gasteiger partial charge in [-0.15, -0.1) is 0 Å². The summed E-state index contributed by atoms with van der Waals surface area (Å²) in [4.78, 5) is 88.7. The fourth-order valence-electron chi connectivity index (χ4n) is 5.75. The number of rotatable bonds is 25. The first-order chi connectivity index (χ1) is 26.5. The van der Waals surface area contributed by atoms with E-state index in [1.165, 1.54) is 0 Å². The molecule has 0 radical (unpaired) electrons. The van der Waals surface area contributed by atoms with E-state index in [4.69, 9.17) is 16.6 Å². The zero-order valence-corrected chi connectivity index (χ0v) is 32.5. The van der Waals surface area contributed by atoms with Crippen molar-refractivity contribution in [2.75, 3.05) is 19.7 Å². The smallest absolute Gasteiger partial charge is 0.305 e. The lowest BCUT2D eigenvalue weighted by atomic mass is 10.0. The van der Waals surface area contributed by atoms with Gasteiger partial charge in [0.2, 0.25) is 35.4 Å². The summed E-state index contributed by atoms with van der Waals surface area (Å²) in [6.07, 6.45) is 0.213. The fraction of sp³-hybridized carbons (Fsp3) is 0.513. The van der Waals surface area contributed by atoms with Gasteiger partial charge in [-0.2, -0.15) is 0 Å². The van der Waals surface area contributed by atoms with Gasteiger partial charge in [-0.1, -0.05) is 88.4 Å². The van der Waals surface area contributed by atoms with E-state index in [0.29, 0.717) is 24.9 Å². The van der Waals surface area contributed by atoms with Gasteiger partial charge < -0.3 is 53.6 Å². The summed E-state index contributed by atoms with van der Waals surface area (Å²) < 4.78 is 0. The number of carbonyl (C=O) groups excluding carboxylic acids is 6. The Bertz CT molecular complexity index is 1590. The van der Waals surface area contributed by atoms with Crippen LogP contribution in [0.1, 0.15) is 58.1 Å². The summed E-state index contributed by atoms with van der Waals surface area (Å²) in [7, 11) is 0. The van der Waals surface area contributed by atoms with Gasteiger partial charge in [0, 0.05) is 32.0 Å². The highest BCUT2D eigenvalue weighted by Crippen LogP contribution is 2.09. The van der Waals surface area contributed by atoms with Crippen molar-refractivity contribution >= 4 is 41.4 Å². The summed E-state index contributed by atoms with van der Waals surface area (Å²) in [6, 6.07) is 11.8. The summed E-state index contributed by atoms with van der Waals surface area (Å²) in [6.45, 7) is 6.81. The number of carbonyl (C=O) groups is 7. The number of amides is 6. The Kier molecular flexibility index (Phi) is 20.2. The molecule has 0 saturated heterocycles. The molecule has 2 rings (SSSR count). The van der Waals surface area contributed by atoms with Crippen molar-refractivity contribution < 1.29 is 43.8 Å². The Labute approximate surface area is 327 Å². The molecule has 6 amide bonds. The molecular formula is C39H58N8O9. The number of hydrogen-bond donors (Lipinski definition) is 10. The summed E-state index contributed by atoms with van der Waals surface area (Å²) >= 11 is 0. The Morgan fingerprint density at radius 1 is 0.696 bits per heavy atom. The molecule has 0 bridgehead atoms. The van der Waals surface area contributed by atoms with Crippen LogP contribution in [0.15, 0.2) is 60.7 Å². The lowest BCUT2D eigenvalue weighted by Gasteiger charge is -2.27. The fourth-order valence-corrected chi connectivity index (χ4v) is 5.75. The summed E-state index contributed by atoms with van der Waals surface area (Å²) in [5.74, 6) is -5.59. The molecule has 6 atom stereocenters. The molecule has 2 aromatic rings. The third kappa shape index (κ3) is 17.4. The van der Waals surface area contributed by atoms with E-state index in [0.717, 1.165) is 5.56 Å². The molecule has 0 saturated carbocycles. The molecule has 0 aliphatic carbocycles. The first-order valence-corrected chi connectivity index (χ1v) is 18.7. The van der Waals surface area contributed by atoms with Crippen molar-refractivity contribution in [3.05, 3.63) is 71.8 Å². The predicted octanol–water partition coefficient (Wildman–Crippen LogP) is -1.14. The second kappa shape index (κ2) is 24.2. The third-order valence-electron chi connectivity index (χ3n) is 8.72. The van der Waals surface area contributed by atoms with Gasteiger partial charge in [-0.05, 0) is 35.8 Å². The van der Waals surface area contributed by atoms with Crippen molar-refractivity contribution in [1.29, 1.82) is 0 Å². The maximum atomic E-state index is 13.7. The highest BCUT2D eigenvalue weighted by atomic mass is 16.4. The van der Waals surface area contributed by atoms with Crippen LogP contribution in [0.3, 0.4) is 0 Å². The summed E-state index contributed by atoms with van der Waals surface area (Å²) in [5.41, 5.74) is 12.8. The van der Waals surface area contributed by atoms with E-state index in [1.807, 2.05) is 44.2 Å². The minimum atomic E-state index is -1.56. The first kappa shape index (κ1) is 46.8. The molecule has 17 heteroatoms. The van der Waals surface area contributed by atoms with Crippen LogP contribution < -0.4 is 43.4 Å². The van der Waals surface area contributed by atoms with Crippen molar-refractivity contribution in [2.24, 2.45) is 23.3 Å². The molecular weight excluding hydrogens is 724 g/mol. The lowest BCUT2D eigenvalue weighted by Crippen LogP contribution is -2.59. The molecule has 12 N–H and O–H groups in total. The average Bonchev–Trinajstić information content (AvgIpc) is 3.13. The van der Waals surface area contributed by atoms with Gasteiger partial charge >= 0.3 is 5.97 Å². The monoisotopic (exact) mass is 782 g/mol. The van der Waals surface area contributed by atoms with Gasteiger partial charge in [0.1, 0.15) is 18.1 Å². The second-order valence-corrected chi connectivity index (χ2v) is 14.4. The van der Waals surface area contributed by atoms with E-state index in [2.05, 4.69) is 31.9 Å². The molecule has 0 fully saturated rings. The van der Waals surface area contributed by atoms with Crippen LogP contribution >= 0.6 is 0 Å². The number of benzene rings is 2. The Morgan fingerprint density at radius 3 is 1.73 bits per heavy atom. The van der Waals surface area contributed by atoms with Crippen LogP contribution in [0.4, 0.5) is 0 Å². The molecule has 0 aliphatic rings. The topological polar surface area (TPSA) is 284 Å². The minimum Gasteiger partial charge on any atom is -0.481 e. The quantitative estimate of drug-likeness (QED) is 0.0575. The van der Waals surface area contributed by atoms with Crippen LogP contribution in [-0.2, 0) is 46.4 Å². The molecule has 56 heavy (non-hydrogen) atoms. The third-order valence-corrected chi connectivity index (χ3v) is 8.72. The van der Waals surface area contributed by atoms with Gasteiger partial charge in [0.15, 0.2) is 0 Å². The van der Waals surface area contributed by atoms with Gasteiger partial charge in [-0.25, -0.2) is 0 Å². The van der Waals surface area contributed by atoms with Gasteiger partial charge in [0.05, 0.1) is 25.1 Å². The van der Waals surface area contributed by atoms with Crippen molar-refractivity contribution in [2.45, 2.75) is 96.1 Å². The normalized spacial score (nSPS) is 14.4. The maximum Gasteiger partial charge on any atom is 0.305 e. The number of nitrogens with two attached hydrogens (primary N) is 2. The van der Waals surface area contributed by atoms with E-state index < -0.39 is 84.7 Å². The number of carboxylic acid groups (broad SMARTS) is 1. The molecule has 0 spiro atoms. The average molecular weight is 783 g/mol.